The highest BCUT2D eigenvalue weighted by Crippen LogP contribution is 2.47. The van der Waals surface area contributed by atoms with Crippen molar-refractivity contribution in [1.82, 2.24) is 41.0 Å². The summed E-state index contributed by atoms with van der Waals surface area (Å²) in [7, 11) is 0. The van der Waals surface area contributed by atoms with Crippen molar-refractivity contribution in [2.75, 3.05) is 32.9 Å². The maximum atomic E-state index is 15.4. The molecule has 0 spiro atoms. The van der Waals surface area contributed by atoms with Gasteiger partial charge in [-0.1, -0.05) is 43.7 Å². The molecule has 1 fully saturated rings. The fraction of sp³-hybridized carbons (Fsp3) is 0.431. The first-order valence-electron chi connectivity index (χ1n) is 24.1. The number of rotatable bonds is 20. The molecule has 1 saturated heterocycles. The van der Waals surface area contributed by atoms with Gasteiger partial charge in [0.2, 0.25) is 35.4 Å². The third-order valence-electron chi connectivity index (χ3n) is 14.0. The minimum atomic E-state index is -2.04. The molecule has 378 valence electrons. The fourth-order valence-corrected chi connectivity index (χ4v) is 9.95. The number of nitrogens with zero attached hydrogens (tertiary/aromatic N) is 3. The third kappa shape index (κ3) is 10.1. The van der Waals surface area contributed by atoms with Gasteiger partial charge in [-0.15, -0.1) is 0 Å². The lowest BCUT2D eigenvalue weighted by Gasteiger charge is -2.31. The van der Waals surface area contributed by atoms with Crippen LogP contribution in [0.4, 0.5) is 4.39 Å². The Hall–Kier alpha value is -7.36. The molecule has 6 N–H and O–H groups in total. The average Bonchev–Trinajstić information content (AvgIpc) is 4.08. The molecule has 5 atom stereocenters. The number of benzene rings is 2. The van der Waals surface area contributed by atoms with Crippen LogP contribution in [-0.2, 0) is 79.4 Å². The molecule has 21 heteroatoms. The molecule has 1 aliphatic carbocycles. The van der Waals surface area contributed by atoms with E-state index in [-0.39, 0.29) is 81.0 Å². The number of hydrogen-bond donors (Lipinski definition) is 6. The van der Waals surface area contributed by atoms with Gasteiger partial charge in [-0.3, -0.25) is 33.6 Å². The molecular formula is C51H55FN8O12. The lowest BCUT2D eigenvalue weighted by Crippen LogP contribution is -2.52. The molecular weight excluding hydrogens is 936 g/mol. The summed E-state index contributed by atoms with van der Waals surface area (Å²) in [5.74, 6) is -4.31. The van der Waals surface area contributed by atoms with Gasteiger partial charge in [0.25, 0.3) is 5.56 Å². The Kier molecular flexibility index (Phi) is 14.3. The summed E-state index contributed by atoms with van der Waals surface area (Å²) in [5.41, 5.74) is 2.13. The molecule has 0 bridgehead atoms. The number of aliphatic hydroxyl groups is 1. The molecule has 9 rings (SSSR count). The number of hydrogen-bond acceptors (Lipinski definition) is 13. The Morgan fingerprint density at radius 3 is 2.47 bits per heavy atom. The number of pyridine rings is 2. The van der Waals surface area contributed by atoms with E-state index in [4.69, 9.17) is 19.2 Å². The highest BCUT2D eigenvalue weighted by Gasteiger charge is 2.47. The Balaban J connectivity index is 0.775. The van der Waals surface area contributed by atoms with Gasteiger partial charge in [-0.25, -0.2) is 14.2 Å². The molecule has 2 aromatic heterocycles. The second-order valence-corrected chi connectivity index (χ2v) is 18.5. The van der Waals surface area contributed by atoms with Crippen molar-refractivity contribution in [3.05, 3.63) is 110 Å². The Morgan fingerprint density at radius 2 is 1.68 bits per heavy atom. The SMILES string of the molecule is CC[C@@]1(O)C(=O)OCc2c1cc1n(c2=O)Cc2c-1nc1cc(F)c(C)c3c1c2[C@@H](OCNC(=O)CNC(=O)[C@H](Cc1ccccc1)NC(=O)CNC(=O)CNC(=O)CCCCCN1C(=O)C=CC2OC21)CC3. The lowest BCUT2D eigenvalue weighted by atomic mass is 9.82. The Labute approximate surface area is 412 Å². The van der Waals surface area contributed by atoms with Crippen molar-refractivity contribution in [2.45, 2.75) is 108 Å². The monoisotopic (exact) mass is 990 g/mol. The molecule has 6 amide bonds. The molecule has 6 heterocycles. The van der Waals surface area contributed by atoms with E-state index in [2.05, 4.69) is 26.6 Å². The number of cyclic esters (lactones) is 1. The summed E-state index contributed by atoms with van der Waals surface area (Å²) in [4.78, 5) is 110. The number of ether oxygens (including phenoxy) is 3. The quantitative estimate of drug-likeness (QED) is 0.0279. The van der Waals surface area contributed by atoms with Crippen LogP contribution in [0.15, 0.2) is 59.4 Å². The van der Waals surface area contributed by atoms with Gasteiger partial charge in [-0.05, 0) is 73.4 Å². The number of nitrogens with one attached hydrogen (secondary N) is 5. The fourth-order valence-electron chi connectivity index (χ4n) is 9.95. The zero-order valence-electron chi connectivity index (χ0n) is 39.8. The van der Waals surface area contributed by atoms with Crippen molar-refractivity contribution < 1.29 is 57.3 Å². The van der Waals surface area contributed by atoms with E-state index < -0.39 is 71.8 Å². The van der Waals surface area contributed by atoms with Gasteiger partial charge in [0, 0.05) is 48.0 Å². The summed E-state index contributed by atoms with van der Waals surface area (Å²) in [6.45, 7) is 1.98. The summed E-state index contributed by atoms with van der Waals surface area (Å²) in [6, 6.07) is 10.7. The summed E-state index contributed by atoms with van der Waals surface area (Å²) < 4.78 is 33.8. The molecule has 0 radical (unpaired) electrons. The number of amides is 6. The number of aryl methyl sites for hydroxylation is 1. The average molecular weight is 991 g/mol. The number of halogens is 1. The zero-order chi connectivity index (χ0) is 50.8. The van der Waals surface area contributed by atoms with E-state index in [1.807, 2.05) is 0 Å². The highest BCUT2D eigenvalue weighted by molar-refractivity contribution is 5.95. The van der Waals surface area contributed by atoms with Crippen LogP contribution >= 0.6 is 0 Å². The molecule has 2 aromatic carbocycles. The number of epoxide rings is 1. The van der Waals surface area contributed by atoms with Crippen molar-refractivity contribution in [3.8, 4) is 11.4 Å². The van der Waals surface area contributed by atoms with Crippen LogP contribution in [0.3, 0.4) is 0 Å². The van der Waals surface area contributed by atoms with E-state index in [0.717, 1.165) is 5.56 Å². The second kappa shape index (κ2) is 20.8. The molecule has 2 unspecified atom stereocenters. The van der Waals surface area contributed by atoms with Gasteiger partial charge in [0.15, 0.2) is 11.8 Å². The van der Waals surface area contributed by atoms with E-state index in [0.29, 0.717) is 83.2 Å². The summed E-state index contributed by atoms with van der Waals surface area (Å²) in [6.07, 6.45) is 5.37. The molecule has 4 aromatic rings. The van der Waals surface area contributed by atoms with Crippen LogP contribution in [0.2, 0.25) is 0 Å². The second-order valence-electron chi connectivity index (χ2n) is 18.5. The molecule has 20 nitrogen and oxygen atoms in total. The largest absolute Gasteiger partial charge is 0.458 e. The summed E-state index contributed by atoms with van der Waals surface area (Å²) in [5, 5.41) is 24.9. The van der Waals surface area contributed by atoms with Crippen LogP contribution < -0.4 is 32.1 Å². The molecule has 4 aliphatic heterocycles. The topological polar surface area (TPSA) is 269 Å². The molecule has 72 heavy (non-hydrogen) atoms. The number of unbranched alkanes of at least 4 members (excludes halogenated alkanes) is 2. The highest BCUT2D eigenvalue weighted by atomic mass is 19.1. The Morgan fingerprint density at radius 1 is 0.931 bits per heavy atom. The first kappa shape index (κ1) is 49.6. The van der Waals surface area contributed by atoms with Crippen LogP contribution in [0.25, 0.3) is 22.3 Å². The van der Waals surface area contributed by atoms with Crippen LogP contribution in [0.5, 0.6) is 0 Å². The van der Waals surface area contributed by atoms with E-state index in [1.54, 1.807) is 61.2 Å². The number of aromatic nitrogens is 2. The van der Waals surface area contributed by atoms with Gasteiger partial charge in [0.05, 0.1) is 54.8 Å². The molecule has 5 aliphatic rings. The van der Waals surface area contributed by atoms with Crippen LogP contribution in [0, 0.1) is 12.7 Å². The van der Waals surface area contributed by atoms with Gasteiger partial charge >= 0.3 is 5.97 Å². The number of carbonyl (C=O) groups is 7. The predicted molar refractivity (Wildman–Crippen MR) is 253 cm³/mol. The predicted octanol–water partition coefficient (Wildman–Crippen LogP) is 1.36. The zero-order valence-corrected chi connectivity index (χ0v) is 39.8. The van der Waals surface area contributed by atoms with Crippen molar-refractivity contribution >= 4 is 52.3 Å². The number of esters is 1. The summed E-state index contributed by atoms with van der Waals surface area (Å²) >= 11 is 0. The first-order valence-corrected chi connectivity index (χ1v) is 24.1. The van der Waals surface area contributed by atoms with E-state index >= 15 is 4.39 Å². The standard InChI is InChI=1S/C51H55FN8O12/c1-3-51(69)32-19-36-46-30(24-60(36)48(67)31(32)25-70-50(51)68)45-37(14-13-29-27(2)33(52)20-34(58-46)44(29)45)71-26-56-41(63)22-55-47(66)35(18-28-10-6-4-7-11-28)57-42(64)23-54-40(62)21-53-39(61)12-8-5-9-17-59-43(65)16-15-38-49(59)72-38/h4,6-7,10-11,15-16,19-20,35,37-38,49,69H,3,5,8-9,12-14,17-18,21-26H2,1-2H3,(H,53,61)(H,54,62)(H,55,66)(H,56,63)(H,57,64)/t35-,37-,38?,49?,51-/m0/s1. The van der Waals surface area contributed by atoms with Crippen LogP contribution in [-0.4, -0.2) is 112 Å². The number of fused-ring (bicyclic) bond motifs is 6. The first-order chi connectivity index (χ1) is 34.6. The van der Waals surface area contributed by atoms with Gasteiger partial charge in [-0.2, -0.15) is 0 Å². The maximum Gasteiger partial charge on any atom is 0.343 e. The lowest BCUT2D eigenvalue weighted by molar-refractivity contribution is -0.172. The van der Waals surface area contributed by atoms with Crippen molar-refractivity contribution in [2.24, 2.45) is 0 Å². The van der Waals surface area contributed by atoms with E-state index in [1.165, 1.54) is 16.7 Å². The normalized spacial score (nSPS) is 20.3. The van der Waals surface area contributed by atoms with Crippen molar-refractivity contribution in [1.29, 1.82) is 0 Å². The van der Waals surface area contributed by atoms with Gasteiger partial charge in [0.1, 0.15) is 31.3 Å². The van der Waals surface area contributed by atoms with Crippen molar-refractivity contribution in [3.63, 3.8) is 0 Å². The maximum absolute atomic E-state index is 15.4. The van der Waals surface area contributed by atoms with Gasteiger partial charge < -0.3 is 55.4 Å². The minimum Gasteiger partial charge on any atom is -0.458 e. The molecule has 0 saturated carbocycles. The third-order valence-corrected chi connectivity index (χ3v) is 14.0. The Bertz CT molecular complexity index is 2980. The number of carbonyl (C=O) groups excluding carboxylic acids is 7. The van der Waals surface area contributed by atoms with Crippen LogP contribution in [0.1, 0.15) is 90.5 Å². The minimum absolute atomic E-state index is 0.0282. The van der Waals surface area contributed by atoms with E-state index in [9.17, 15) is 43.5 Å². The smallest absolute Gasteiger partial charge is 0.343 e.